The van der Waals surface area contributed by atoms with Crippen LogP contribution in [0, 0.1) is 0 Å². The van der Waals surface area contributed by atoms with Gasteiger partial charge in [0.05, 0.1) is 11.2 Å². The summed E-state index contributed by atoms with van der Waals surface area (Å²) in [5.74, 6) is 0. The Kier molecular flexibility index (Phi) is 3.31. The van der Waals surface area contributed by atoms with Crippen LogP contribution < -0.4 is 0 Å². The molecule has 1 aliphatic heterocycles. The number of carbonyl (C=O) groups is 1. The number of benzene rings is 2. The number of rotatable bonds is 2. The van der Waals surface area contributed by atoms with E-state index in [1.54, 1.807) is 4.57 Å². The third-order valence-corrected chi connectivity index (χ3v) is 3.94. The van der Waals surface area contributed by atoms with Gasteiger partial charge in [0.25, 0.3) is 0 Å². The van der Waals surface area contributed by atoms with Gasteiger partial charge in [0.1, 0.15) is 6.61 Å². The minimum Gasteiger partial charge on any atom is -0.444 e. The second-order valence-electron chi connectivity index (χ2n) is 5.45. The molecule has 0 spiro atoms. The van der Waals surface area contributed by atoms with Crippen LogP contribution in [-0.4, -0.2) is 10.7 Å². The highest BCUT2D eigenvalue weighted by Gasteiger charge is 2.17. The zero-order valence-corrected chi connectivity index (χ0v) is 12.5. The Balaban J connectivity index is 1.74. The van der Waals surface area contributed by atoms with Gasteiger partial charge >= 0.3 is 6.09 Å². The Bertz CT molecular complexity index is 940. The molecule has 1 heterocycles. The van der Waals surface area contributed by atoms with E-state index in [-0.39, 0.29) is 12.7 Å². The van der Waals surface area contributed by atoms with Gasteiger partial charge in [0, 0.05) is 0 Å². The number of hydrogen-bond donors (Lipinski definition) is 0. The first-order chi connectivity index (χ1) is 11.3. The minimum absolute atomic E-state index is 0.262. The van der Waals surface area contributed by atoms with Crippen molar-refractivity contribution in [2.75, 3.05) is 0 Å². The first kappa shape index (κ1) is 13.6. The first-order valence-corrected chi connectivity index (χ1v) is 7.53. The molecule has 23 heavy (non-hydrogen) atoms. The van der Waals surface area contributed by atoms with Crippen molar-refractivity contribution in [1.82, 2.24) is 4.57 Å². The number of pyridine rings is 1. The predicted molar refractivity (Wildman–Crippen MR) is 90.6 cm³/mol. The summed E-state index contributed by atoms with van der Waals surface area (Å²) in [4.78, 5) is 12.7. The number of hydrogen-bond acceptors (Lipinski definition) is 2. The topological polar surface area (TPSA) is 31.2 Å². The van der Waals surface area contributed by atoms with Crippen LogP contribution in [0.25, 0.3) is 22.2 Å². The number of aromatic nitrogens is 1. The van der Waals surface area contributed by atoms with Crippen molar-refractivity contribution in [3.8, 4) is 11.3 Å². The lowest BCUT2D eigenvalue weighted by Gasteiger charge is -2.15. The van der Waals surface area contributed by atoms with Gasteiger partial charge in [-0.1, -0.05) is 60.7 Å². The molecule has 0 atom stereocenters. The molecule has 2 aromatic rings. The summed E-state index contributed by atoms with van der Waals surface area (Å²) >= 11 is 0. The van der Waals surface area contributed by atoms with E-state index in [4.69, 9.17) is 4.74 Å². The van der Waals surface area contributed by atoms with Crippen molar-refractivity contribution in [2.45, 2.75) is 6.61 Å². The van der Waals surface area contributed by atoms with Gasteiger partial charge in [0.2, 0.25) is 0 Å². The van der Waals surface area contributed by atoms with E-state index in [0.717, 1.165) is 27.7 Å². The van der Waals surface area contributed by atoms with Crippen molar-refractivity contribution < 1.29 is 9.53 Å². The zero-order valence-electron chi connectivity index (χ0n) is 12.5. The number of carbonyl (C=O) groups excluding carboxylic acids is 1. The lowest BCUT2D eigenvalue weighted by atomic mass is 10.1. The molecule has 3 nitrogen and oxygen atoms in total. The standard InChI is InChI=1S/C20H15NO2/c22-20(23-14-15-7-2-1-3-8-15)21-18-11-5-4-9-16(18)13-17-10-6-12-19(17)21/h1-13H,14H2. The fourth-order valence-electron chi connectivity index (χ4n) is 2.84. The van der Waals surface area contributed by atoms with Crippen molar-refractivity contribution in [3.63, 3.8) is 0 Å². The molecule has 2 aromatic carbocycles. The summed E-state index contributed by atoms with van der Waals surface area (Å²) in [6, 6.07) is 25.5. The SMILES string of the molecule is O=C(OCc1ccccc1)n1c2cccc-2cc2ccccc21. The molecule has 0 saturated carbocycles. The highest BCUT2D eigenvalue weighted by Crippen LogP contribution is 2.29. The van der Waals surface area contributed by atoms with Crippen molar-refractivity contribution in [3.05, 3.63) is 84.4 Å². The third-order valence-electron chi connectivity index (χ3n) is 3.94. The van der Waals surface area contributed by atoms with E-state index < -0.39 is 0 Å². The van der Waals surface area contributed by atoms with E-state index in [1.807, 2.05) is 72.8 Å². The molecule has 0 aromatic heterocycles. The van der Waals surface area contributed by atoms with Gasteiger partial charge in [0.15, 0.2) is 0 Å². The molecule has 0 bridgehead atoms. The maximum absolute atomic E-state index is 12.7. The quantitative estimate of drug-likeness (QED) is 0.525. The lowest BCUT2D eigenvalue weighted by molar-refractivity contribution is 0.142. The molecule has 3 heteroatoms. The van der Waals surface area contributed by atoms with Gasteiger partial charge < -0.3 is 4.74 Å². The van der Waals surface area contributed by atoms with Crippen LogP contribution in [0.2, 0.25) is 0 Å². The van der Waals surface area contributed by atoms with Gasteiger partial charge in [-0.05, 0) is 34.7 Å². The molecule has 0 N–H and O–H groups in total. The molecule has 0 unspecified atom stereocenters. The van der Waals surface area contributed by atoms with Crippen molar-refractivity contribution >= 4 is 17.0 Å². The second kappa shape index (κ2) is 5.61. The molecular formula is C20H15NO2. The summed E-state index contributed by atoms with van der Waals surface area (Å²) in [6.07, 6.45) is -0.359. The van der Waals surface area contributed by atoms with Crippen LogP contribution in [-0.2, 0) is 11.3 Å². The minimum atomic E-state index is -0.359. The summed E-state index contributed by atoms with van der Waals surface area (Å²) in [7, 11) is 0. The molecule has 0 fully saturated rings. The van der Waals surface area contributed by atoms with Gasteiger partial charge in [-0.15, -0.1) is 0 Å². The number of fused-ring (bicyclic) bond motifs is 2. The summed E-state index contributed by atoms with van der Waals surface area (Å²) in [5, 5.41) is 1.02. The fourth-order valence-corrected chi connectivity index (χ4v) is 2.84. The maximum Gasteiger partial charge on any atom is 0.419 e. The van der Waals surface area contributed by atoms with Crippen LogP contribution in [0.5, 0.6) is 0 Å². The fraction of sp³-hybridized carbons (Fsp3) is 0.0500. The number of para-hydroxylation sites is 1. The van der Waals surface area contributed by atoms with Gasteiger partial charge in [-0.25, -0.2) is 9.36 Å². The molecule has 0 amide bonds. The first-order valence-electron chi connectivity index (χ1n) is 7.53. The molecule has 0 radical (unpaired) electrons. The smallest absolute Gasteiger partial charge is 0.419 e. The monoisotopic (exact) mass is 301 g/mol. The van der Waals surface area contributed by atoms with Crippen molar-refractivity contribution in [1.29, 1.82) is 0 Å². The van der Waals surface area contributed by atoms with Crippen LogP contribution in [0.4, 0.5) is 4.79 Å². The summed E-state index contributed by atoms with van der Waals surface area (Å²) in [6.45, 7) is 0.262. The molecule has 1 aliphatic carbocycles. The Labute approximate surface area is 134 Å². The van der Waals surface area contributed by atoms with Crippen LogP contribution in [0.15, 0.2) is 78.9 Å². The predicted octanol–water partition coefficient (Wildman–Crippen LogP) is 4.93. The van der Waals surface area contributed by atoms with E-state index >= 15 is 0 Å². The Morgan fingerprint density at radius 3 is 2.52 bits per heavy atom. The molecule has 0 saturated heterocycles. The van der Waals surface area contributed by atoms with Gasteiger partial charge in [-0.3, -0.25) is 0 Å². The van der Waals surface area contributed by atoms with Crippen LogP contribution in [0.1, 0.15) is 5.56 Å². The van der Waals surface area contributed by atoms with Gasteiger partial charge in [-0.2, -0.15) is 0 Å². The van der Waals surface area contributed by atoms with Crippen LogP contribution in [0.3, 0.4) is 0 Å². The average molecular weight is 301 g/mol. The molecule has 2 aliphatic rings. The summed E-state index contributed by atoms with van der Waals surface area (Å²) in [5.41, 5.74) is 3.71. The highest BCUT2D eigenvalue weighted by atomic mass is 16.5. The Morgan fingerprint density at radius 1 is 0.870 bits per heavy atom. The average Bonchev–Trinajstić information content (AvgIpc) is 3.06. The van der Waals surface area contributed by atoms with E-state index in [9.17, 15) is 4.79 Å². The van der Waals surface area contributed by atoms with Crippen molar-refractivity contribution in [2.24, 2.45) is 0 Å². The van der Waals surface area contributed by atoms with Crippen LogP contribution >= 0.6 is 0 Å². The van der Waals surface area contributed by atoms with E-state index in [2.05, 4.69) is 6.07 Å². The number of nitrogens with zero attached hydrogens (tertiary/aromatic N) is 1. The van der Waals surface area contributed by atoms with E-state index in [1.165, 1.54) is 0 Å². The Hall–Kier alpha value is -3.07. The molecular weight excluding hydrogens is 286 g/mol. The highest BCUT2D eigenvalue weighted by molar-refractivity contribution is 5.95. The summed E-state index contributed by atoms with van der Waals surface area (Å²) < 4.78 is 7.17. The number of ether oxygens (including phenoxy) is 1. The third kappa shape index (κ3) is 2.46. The Morgan fingerprint density at radius 2 is 1.65 bits per heavy atom. The normalized spacial score (nSPS) is 11.0. The van der Waals surface area contributed by atoms with E-state index in [0.29, 0.717) is 0 Å². The zero-order chi connectivity index (χ0) is 15.6. The maximum atomic E-state index is 12.7. The molecule has 112 valence electrons. The largest absolute Gasteiger partial charge is 0.444 e. The molecule has 4 rings (SSSR count). The lowest BCUT2D eigenvalue weighted by Crippen LogP contribution is -2.16. The second-order valence-corrected chi connectivity index (χ2v) is 5.45.